The zero-order valence-corrected chi connectivity index (χ0v) is 16.3. The van der Waals surface area contributed by atoms with Crippen LogP contribution in [0.15, 0.2) is 53.4 Å². The summed E-state index contributed by atoms with van der Waals surface area (Å²) in [6, 6.07) is 16.8. The molecule has 1 fully saturated rings. The van der Waals surface area contributed by atoms with E-state index < -0.39 is 5.97 Å². The third-order valence-corrected chi connectivity index (χ3v) is 6.31. The molecule has 0 amide bonds. The van der Waals surface area contributed by atoms with Gasteiger partial charge in [-0.2, -0.15) is 0 Å². The van der Waals surface area contributed by atoms with Gasteiger partial charge in [0, 0.05) is 40.5 Å². The van der Waals surface area contributed by atoms with Crippen LogP contribution in [0.5, 0.6) is 0 Å². The quantitative estimate of drug-likeness (QED) is 0.581. The molecule has 4 nitrogen and oxygen atoms in total. The standard InChI is InChI=1S/C22H24N2O2S/c1-27-20-12-5-2-7-15(20)14-24-19-11-4-3-10-17(19)18(21(24)22(25)26)13-23-16-8-6-9-16/h2-5,7,10-12,16,23H,6,8-9,13-14H2,1H3,(H,25,26). The number of fused-ring (bicyclic) bond motifs is 1. The highest BCUT2D eigenvalue weighted by molar-refractivity contribution is 7.98. The van der Waals surface area contributed by atoms with E-state index >= 15 is 0 Å². The third kappa shape index (κ3) is 3.49. The number of nitrogens with zero attached hydrogens (tertiary/aromatic N) is 1. The van der Waals surface area contributed by atoms with Crippen LogP contribution in [0, 0.1) is 0 Å². The number of aromatic nitrogens is 1. The van der Waals surface area contributed by atoms with Gasteiger partial charge in [0.1, 0.15) is 5.69 Å². The van der Waals surface area contributed by atoms with Crippen LogP contribution in [-0.2, 0) is 13.1 Å². The summed E-state index contributed by atoms with van der Waals surface area (Å²) in [6.07, 6.45) is 5.68. The summed E-state index contributed by atoms with van der Waals surface area (Å²) in [5, 5.41) is 14.6. The van der Waals surface area contributed by atoms with E-state index in [0.29, 0.717) is 24.8 Å². The summed E-state index contributed by atoms with van der Waals surface area (Å²) in [5.74, 6) is -0.863. The normalized spacial score (nSPS) is 14.4. The molecule has 4 rings (SSSR count). The Labute approximate surface area is 163 Å². The highest BCUT2D eigenvalue weighted by Gasteiger charge is 2.24. The molecular formula is C22H24N2O2S. The van der Waals surface area contributed by atoms with E-state index in [4.69, 9.17) is 0 Å². The van der Waals surface area contributed by atoms with Crippen molar-refractivity contribution >= 4 is 28.6 Å². The minimum absolute atomic E-state index is 0.402. The van der Waals surface area contributed by atoms with E-state index in [1.54, 1.807) is 11.8 Å². The molecule has 140 valence electrons. The maximum absolute atomic E-state index is 12.2. The molecule has 0 spiro atoms. The zero-order chi connectivity index (χ0) is 18.8. The van der Waals surface area contributed by atoms with Crippen LogP contribution in [0.25, 0.3) is 10.9 Å². The Balaban J connectivity index is 1.80. The first-order chi connectivity index (χ1) is 13.2. The van der Waals surface area contributed by atoms with E-state index in [2.05, 4.69) is 23.7 Å². The molecule has 0 aliphatic heterocycles. The number of benzene rings is 2. The van der Waals surface area contributed by atoms with Gasteiger partial charge in [-0.25, -0.2) is 4.79 Å². The molecule has 1 saturated carbocycles. The SMILES string of the molecule is CSc1ccccc1Cn1c(C(=O)O)c(CNC2CCC2)c2ccccc21. The van der Waals surface area contributed by atoms with Crippen LogP contribution >= 0.6 is 11.8 Å². The lowest BCUT2D eigenvalue weighted by molar-refractivity contribution is 0.0684. The van der Waals surface area contributed by atoms with Crippen molar-refractivity contribution in [2.24, 2.45) is 0 Å². The first kappa shape index (κ1) is 18.1. The van der Waals surface area contributed by atoms with Crippen molar-refractivity contribution in [3.05, 3.63) is 65.4 Å². The van der Waals surface area contributed by atoms with Gasteiger partial charge in [-0.3, -0.25) is 0 Å². The lowest BCUT2D eigenvalue weighted by Gasteiger charge is -2.26. The second kappa shape index (κ2) is 7.79. The molecular weight excluding hydrogens is 356 g/mol. The fraction of sp³-hybridized carbons (Fsp3) is 0.318. The monoisotopic (exact) mass is 380 g/mol. The maximum Gasteiger partial charge on any atom is 0.352 e. The van der Waals surface area contributed by atoms with Gasteiger partial charge in [-0.05, 0) is 36.8 Å². The summed E-state index contributed by atoms with van der Waals surface area (Å²) in [6.45, 7) is 1.16. The van der Waals surface area contributed by atoms with Gasteiger partial charge in [0.05, 0.1) is 0 Å². The molecule has 2 N–H and O–H groups in total. The summed E-state index contributed by atoms with van der Waals surface area (Å²) < 4.78 is 1.96. The maximum atomic E-state index is 12.2. The average Bonchev–Trinajstić information content (AvgIpc) is 2.95. The minimum Gasteiger partial charge on any atom is -0.477 e. The molecule has 1 aliphatic rings. The third-order valence-electron chi connectivity index (χ3n) is 5.47. The number of nitrogens with one attached hydrogen (secondary N) is 1. The second-order valence-corrected chi connectivity index (χ2v) is 7.90. The number of aromatic carboxylic acids is 1. The van der Waals surface area contributed by atoms with Crippen LogP contribution in [-0.4, -0.2) is 27.9 Å². The molecule has 0 radical (unpaired) electrons. The van der Waals surface area contributed by atoms with Crippen molar-refractivity contribution in [2.45, 2.75) is 43.3 Å². The van der Waals surface area contributed by atoms with Crippen LogP contribution in [0.1, 0.15) is 40.9 Å². The number of hydrogen-bond donors (Lipinski definition) is 2. The number of para-hydroxylation sites is 1. The molecule has 5 heteroatoms. The topological polar surface area (TPSA) is 54.3 Å². The lowest BCUT2D eigenvalue weighted by atomic mass is 9.93. The molecule has 2 aromatic carbocycles. The Morgan fingerprint density at radius 1 is 1.19 bits per heavy atom. The van der Waals surface area contributed by atoms with Gasteiger partial charge < -0.3 is 15.0 Å². The lowest BCUT2D eigenvalue weighted by Crippen LogP contribution is -2.34. The van der Waals surface area contributed by atoms with E-state index in [-0.39, 0.29) is 0 Å². The molecule has 0 saturated heterocycles. The van der Waals surface area contributed by atoms with Crippen molar-refractivity contribution in [3.8, 4) is 0 Å². The minimum atomic E-state index is -0.863. The predicted molar refractivity (Wildman–Crippen MR) is 111 cm³/mol. The second-order valence-electron chi connectivity index (χ2n) is 7.06. The van der Waals surface area contributed by atoms with Crippen molar-refractivity contribution in [1.82, 2.24) is 9.88 Å². The van der Waals surface area contributed by atoms with Gasteiger partial charge in [0.15, 0.2) is 0 Å². The first-order valence-corrected chi connectivity index (χ1v) is 10.6. The molecule has 27 heavy (non-hydrogen) atoms. The van der Waals surface area contributed by atoms with Gasteiger partial charge in [0.2, 0.25) is 0 Å². The Hall–Kier alpha value is -2.24. The Kier molecular flexibility index (Phi) is 5.23. The molecule has 0 bridgehead atoms. The summed E-state index contributed by atoms with van der Waals surface area (Å²) in [7, 11) is 0. The first-order valence-electron chi connectivity index (χ1n) is 9.37. The van der Waals surface area contributed by atoms with Gasteiger partial charge in [-0.1, -0.05) is 42.8 Å². The number of carbonyl (C=O) groups is 1. The van der Waals surface area contributed by atoms with E-state index in [9.17, 15) is 9.90 Å². The van der Waals surface area contributed by atoms with Crippen LogP contribution in [0.4, 0.5) is 0 Å². The largest absolute Gasteiger partial charge is 0.477 e. The summed E-state index contributed by atoms with van der Waals surface area (Å²) >= 11 is 1.69. The van der Waals surface area contributed by atoms with Gasteiger partial charge in [0.25, 0.3) is 0 Å². The molecule has 1 heterocycles. The molecule has 3 aromatic rings. The molecule has 0 unspecified atom stereocenters. The zero-order valence-electron chi connectivity index (χ0n) is 15.4. The predicted octanol–water partition coefficient (Wildman–Crippen LogP) is 4.75. The summed E-state index contributed by atoms with van der Waals surface area (Å²) in [4.78, 5) is 13.4. The Morgan fingerprint density at radius 3 is 2.63 bits per heavy atom. The molecule has 1 aromatic heterocycles. The van der Waals surface area contributed by atoms with E-state index in [1.165, 1.54) is 24.2 Å². The summed E-state index contributed by atoms with van der Waals surface area (Å²) in [5.41, 5.74) is 3.42. The van der Waals surface area contributed by atoms with E-state index in [1.807, 2.05) is 41.0 Å². The van der Waals surface area contributed by atoms with Crippen LogP contribution < -0.4 is 5.32 Å². The molecule has 1 aliphatic carbocycles. The van der Waals surface area contributed by atoms with Gasteiger partial charge >= 0.3 is 5.97 Å². The number of rotatable bonds is 7. The number of carboxylic acids is 1. The number of hydrogen-bond acceptors (Lipinski definition) is 3. The van der Waals surface area contributed by atoms with Crippen molar-refractivity contribution in [3.63, 3.8) is 0 Å². The van der Waals surface area contributed by atoms with Crippen molar-refractivity contribution in [2.75, 3.05) is 6.26 Å². The Bertz CT molecular complexity index is 976. The Morgan fingerprint density at radius 2 is 1.93 bits per heavy atom. The fourth-order valence-corrected chi connectivity index (χ4v) is 4.43. The van der Waals surface area contributed by atoms with E-state index in [0.717, 1.165) is 22.0 Å². The van der Waals surface area contributed by atoms with Crippen molar-refractivity contribution in [1.29, 1.82) is 0 Å². The highest BCUT2D eigenvalue weighted by atomic mass is 32.2. The van der Waals surface area contributed by atoms with Crippen molar-refractivity contribution < 1.29 is 9.90 Å². The van der Waals surface area contributed by atoms with Gasteiger partial charge in [-0.15, -0.1) is 11.8 Å². The highest BCUT2D eigenvalue weighted by Crippen LogP contribution is 2.30. The fourth-order valence-electron chi connectivity index (χ4n) is 3.83. The molecule has 0 atom stereocenters. The van der Waals surface area contributed by atoms with Crippen LogP contribution in [0.3, 0.4) is 0 Å². The smallest absolute Gasteiger partial charge is 0.352 e. The number of carboxylic acid groups (broad SMARTS) is 1. The number of thioether (sulfide) groups is 1. The van der Waals surface area contributed by atoms with Crippen LogP contribution in [0.2, 0.25) is 0 Å². The average molecular weight is 381 g/mol.